The predicted molar refractivity (Wildman–Crippen MR) is 41.1 cm³/mol. The summed E-state index contributed by atoms with van der Waals surface area (Å²) in [6.07, 6.45) is 0. The van der Waals surface area contributed by atoms with E-state index in [9.17, 15) is 0 Å². The second-order valence-corrected chi connectivity index (χ2v) is 2.82. The first-order valence-corrected chi connectivity index (χ1v) is 3.45. The fourth-order valence-electron chi connectivity index (χ4n) is 0.748. The van der Waals surface area contributed by atoms with Crippen LogP contribution in [0.1, 0.15) is 5.76 Å². The van der Waals surface area contributed by atoms with Crippen LogP contribution < -0.4 is 0 Å². The van der Waals surface area contributed by atoms with Gasteiger partial charge in [-0.1, -0.05) is 0 Å². The highest BCUT2D eigenvalue weighted by Gasteiger charge is 1.99. The fraction of sp³-hybridized carbons (Fsp3) is 0.429. The van der Waals surface area contributed by atoms with Gasteiger partial charge in [0, 0.05) is 0 Å². The molecule has 56 valence electrons. The molecule has 0 aromatic carbocycles. The van der Waals surface area contributed by atoms with Crippen molar-refractivity contribution in [3.05, 3.63) is 23.1 Å². The highest BCUT2D eigenvalue weighted by molar-refractivity contribution is 6.28. The predicted octanol–water partition coefficient (Wildman–Crippen LogP) is 1.99. The van der Waals surface area contributed by atoms with Gasteiger partial charge in [-0.15, -0.1) is 0 Å². The van der Waals surface area contributed by atoms with Gasteiger partial charge in [0.2, 0.25) is 0 Å². The molecular weight excluding hydrogens is 150 g/mol. The van der Waals surface area contributed by atoms with Gasteiger partial charge >= 0.3 is 0 Å². The minimum atomic E-state index is 0.455. The van der Waals surface area contributed by atoms with Crippen molar-refractivity contribution in [2.75, 3.05) is 14.1 Å². The van der Waals surface area contributed by atoms with Gasteiger partial charge in [-0.05, 0) is 37.8 Å². The first-order valence-electron chi connectivity index (χ1n) is 3.07. The largest absolute Gasteiger partial charge is 0.448 e. The zero-order valence-electron chi connectivity index (χ0n) is 6.10. The van der Waals surface area contributed by atoms with E-state index in [2.05, 4.69) is 0 Å². The van der Waals surface area contributed by atoms with Gasteiger partial charge in [-0.3, -0.25) is 0 Å². The summed E-state index contributed by atoms with van der Waals surface area (Å²) in [7, 11) is 3.97. The number of rotatable bonds is 2. The molecule has 10 heavy (non-hydrogen) atoms. The van der Waals surface area contributed by atoms with E-state index in [4.69, 9.17) is 16.0 Å². The highest BCUT2D eigenvalue weighted by atomic mass is 35.5. The van der Waals surface area contributed by atoms with Crippen molar-refractivity contribution in [2.45, 2.75) is 6.54 Å². The Morgan fingerprint density at radius 2 is 2.20 bits per heavy atom. The molecule has 0 spiro atoms. The van der Waals surface area contributed by atoms with Gasteiger partial charge in [0.15, 0.2) is 5.22 Å². The van der Waals surface area contributed by atoms with Crippen molar-refractivity contribution in [1.29, 1.82) is 0 Å². The van der Waals surface area contributed by atoms with Crippen LogP contribution in [-0.2, 0) is 6.54 Å². The van der Waals surface area contributed by atoms with Gasteiger partial charge in [0.1, 0.15) is 5.76 Å². The van der Waals surface area contributed by atoms with Crippen LogP contribution in [0.3, 0.4) is 0 Å². The summed E-state index contributed by atoms with van der Waals surface area (Å²) in [6.45, 7) is 0.798. The highest BCUT2D eigenvalue weighted by Crippen LogP contribution is 2.13. The molecule has 0 saturated heterocycles. The molecule has 0 aliphatic carbocycles. The van der Waals surface area contributed by atoms with E-state index in [-0.39, 0.29) is 0 Å². The molecule has 3 heteroatoms. The maximum absolute atomic E-state index is 5.56. The summed E-state index contributed by atoms with van der Waals surface area (Å²) in [6, 6.07) is 3.63. The van der Waals surface area contributed by atoms with Gasteiger partial charge in [0.25, 0.3) is 0 Å². The molecule has 0 saturated carbocycles. The molecule has 0 atom stereocenters. The monoisotopic (exact) mass is 159 g/mol. The van der Waals surface area contributed by atoms with E-state index >= 15 is 0 Å². The van der Waals surface area contributed by atoms with E-state index in [1.165, 1.54) is 0 Å². The topological polar surface area (TPSA) is 16.4 Å². The van der Waals surface area contributed by atoms with Crippen molar-refractivity contribution in [1.82, 2.24) is 4.90 Å². The van der Waals surface area contributed by atoms with E-state index in [0.29, 0.717) is 5.22 Å². The summed E-state index contributed by atoms with van der Waals surface area (Å²) in [5.41, 5.74) is 0. The SMILES string of the molecule is CN(C)Cc1ccc(Cl)o1. The van der Waals surface area contributed by atoms with Crippen LogP contribution in [0.15, 0.2) is 16.5 Å². The molecule has 1 aromatic heterocycles. The molecule has 0 amide bonds. The van der Waals surface area contributed by atoms with Gasteiger partial charge in [0.05, 0.1) is 6.54 Å². The third-order valence-electron chi connectivity index (χ3n) is 1.10. The maximum atomic E-state index is 5.56. The molecule has 2 nitrogen and oxygen atoms in total. The summed E-state index contributed by atoms with van der Waals surface area (Å²) in [4.78, 5) is 2.02. The lowest BCUT2D eigenvalue weighted by Crippen LogP contribution is -2.09. The number of hydrogen-bond donors (Lipinski definition) is 0. The Hall–Kier alpha value is -0.470. The number of hydrogen-bond acceptors (Lipinski definition) is 2. The van der Waals surface area contributed by atoms with Crippen molar-refractivity contribution in [3.8, 4) is 0 Å². The van der Waals surface area contributed by atoms with Gasteiger partial charge < -0.3 is 9.32 Å². The van der Waals surface area contributed by atoms with Crippen LogP contribution >= 0.6 is 11.6 Å². The summed E-state index contributed by atoms with van der Waals surface area (Å²) < 4.78 is 5.12. The van der Waals surface area contributed by atoms with Gasteiger partial charge in [-0.25, -0.2) is 0 Å². The number of halogens is 1. The zero-order chi connectivity index (χ0) is 7.56. The van der Waals surface area contributed by atoms with E-state index in [1.807, 2.05) is 25.1 Å². The van der Waals surface area contributed by atoms with Crippen LogP contribution in [0.2, 0.25) is 5.22 Å². The Bertz CT molecular complexity index is 207. The zero-order valence-corrected chi connectivity index (χ0v) is 6.85. The molecule has 0 aliphatic rings. The Balaban J connectivity index is 2.58. The van der Waals surface area contributed by atoms with Crippen LogP contribution in [0.5, 0.6) is 0 Å². The van der Waals surface area contributed by atoms with E-state index in [0.717, 1.165) is 12.3 Å². The Labute approximate surface area is 65.4 Å². The van der Waals surface area contributed by atoms with Crippen LogP contribution in [0, 0.1) is 0 Å². The second kappa shape index (κ2) is 3.08. The normalized spacial score (nSPS) is 10.8. The molecule has 1 rings (SSSR count). The van der Waals surface area contributed by atoms with E-state index in [1.54, 1.807) is 6.07 Å². The fourth-order valence-corrected chi connectivity index (χ4v) is 0.910. The number of nitrogens with zero attached hydrogens (tertiary/aromatic N) is 1. The standard InChI is InChI=1S/C7H10ClNO/c1-9(2)5-6-3-4-7(8)10-6/h3-4H,5H2,1-2H3. The smallest absolute Gasteiger partial charge is 0.193 e. The van der Waals surface area contributed by atoms with Crippen molar-refractivity contribution >= 4 is 11.6 Å². The van der Waals surface area contributed by atoms with Gasteiger partial charge in [-0.2, -0.15) is 0 Å². The molecule has 1 heterocycles. The first kappa shape index (κ1) is 7.63. The molecule has 0 aliphatic heterocycles. The Morgan fingerprint density at radius 3 is 2.60 bits per heavy atom. The van der Waals surface area contributed by atoms with Crippen LogP contribution in [0.25, 0.3) is 0 Å². The summed E-state index contributed by atoms with van der Waals surface area (Å²) in [5.74, 6) is 0.898. The molecule has 0 bridgehead atoms. The molecule has 0 radical (unpaired) electrons. The first-order chi connectivity index (χ1) is 4.68. The lowest BCUT2D eigenvalue weighted by atomic mass is 10.4. The summed E-state index contributed by atoms with van der Waals surface area (Å²) in [5, 5.41) is 0.455. The average molecular weight is 160 g/mol. The lowest BCUT2D eigenvalue weighted by molar-refractivity contribution is 0.351. The second-order valence-electron chi connectivity index (χ2n) is 2.44. The maximum Gasteiger partial charge on any atom is 0.193 e. The molecule has 0 N–H and O–H groups in total. The Kier molecular flexibility index (Phi) is 2.35. The quantitative estimate of drug-likeness (QED) is 0.656. The third-order valence-corrected chi connectivity index (χ3v) is 1.30. The summed E-state index contributed by atoms with van der Waals surface area (Å²) >= 11 is 5.56. The van der Waals surface area contributed by atoms with E-state index < -0.39 is 0 Å². The van der Waals surface area contributed by atoms with Crippen molar-refractivity contribution in [2.24, 2.45) is 0 Å². The molecule has 0 unspecified atom stereocenters. The lowest BCUT2D eigenvalue weighted by Gasteiger charge is -2.04. The van der Waals surface area contributed by atoms with Crippen molar-refractivity contribution < 1.29 is 4.42 Å². The average Bonchev–Trinajstić information content (AvgIpc) is 2.13. The Morgan fingerprint density at radius 1 is 1.50 bits per heavy atom. The van der Waals surface area contributed by atoms with Crippen LogP contribution in [-0.4, -0.2) is 19.0 Å². The number of furan rings is 1. The molecule has 1 aromatic rings. The van der Waals surface area contributed by atoms with Crippen LogP contribution in [0.4, 0.5) is 0 Å². The minimum Gasteiger partial charge on any atom is -0.448 e. The minimum absolute atomic E-state index is 0.455. The molecule has 0 fully saturated rings. The van der Waals surface area contributed by atoms with Crippen molar-refractivity contribution in [3.63, 3.8) is 0 Å². The third kappa shape index (κ3) is 2.05. The molecular formula is C7H10ClNO.